The van der Waals surface area contributed by atoms with Gasteiger partial charge in [-0.05, 0) is 12.7 Å². The molecule has 0 amide bonds. The predicted octanol–water partition coefficient (Wildman–Crippen LogP) is -0.433. The molecular weight excluding hydrogens is 192 g/mol. The summed E-state index contributed by atoms with van der Waals surface area (Å²) in [5.41, 5.74) is -0.432. The Balaban J connectivity index is 2.59. The average Bonchev–Trinajstić information content (AvgIpc) is 2.11. The summed E-state index contributed by atoms with van der Waals surface area (Å²) in [6.45, 7) is 3.63. The van der Waals surface area contributed by atoms with Crippen molar-refractivity contribution in [2.45, 2.75) is 43.7 Å². The number of rotatable bonds is 2. The highest BCUT2D eigenvalue weighted by Crippen LogP contribution is 2.27. The molecule has 0 saturated carbocycles. The van der Waals surface area contributed by atoms with Gasteiger partial charge >= 0.3 is 0 Å². The Morgan fingerprint density at radius 3 is 2.31 bits per heavy atom. The van der Waals surface area contributed by atoms with Gasteiger partial charge in [0.1, 0.15) is 23.7 Å². The van der Waals surface area contributed by atoms with E-state index >= 15 is 0 Å². The third-order valence-corrected chi connectivity index (χ3v) is 3.19. The second-order valence-electron chi connectivity index (χ2n) is 3.14. The Hall–Kier alpha value is 0.190. The molecule has 3 N–H and O–H groups in total. The molecule has 5 atom stereocenters. The van der Waals surface area contributed by atoms with Gasteiger partial charge in [-0.3, -0.25) is 0 Å². The Labute approximate surface area is 81.9 Å². The van der Waals surface area contributed by atoms with Crippen LogP contribution >= 0.6 is 11.8 Å². The first-order valence-electron chi connectivity index (χ1n) is 4.39. The summed E-state index contributed by atoms with van der Waals surface area (Å²) in [5, 5.41) is 28.3. The van der Waals surface area contributed by atoms with Crippen LogP contribution in [0, 0.1) is 0 Å². The van der Waals surface area contributed by atoms with E-state index in [0.29, 0.717) is 0 Å². The molecular formula is C8H16O4S. The van der Waals surface area contributed by atoms with Gasteiger partial charge in [-0.2, -0.15) is 0 Å². The lowest BCUT2D eigenvalue weighted by molar-refractivity contribution is -0.192. The lowest BCUT2D eigenvalue weighted by Gasteiger charge is -2.38. The molecule has 0 aromatic heterocycles. The van der Waals surface area contributed by atoms with Crippen molar-refractivity contribution in [1.82, 2.24) is 0 Å². The summed E-state index contributed by atoms with van der Waals surface area (Å²) >= 11 is 1.43. The number of aliphatic hydroxyl groups is 3. The minimum absolute atomic E-state index is 0.428. The number of hydrogen-bond acceptors (Lipinski definition) is 5. The minimum Gasteiger partial charge on any atom is -0.388 e. The van der Waals surface area contributed by atoms with Crippen molar-refractivity contribution in [2.24, 2.45) is 0 Å². The fourth-order valence-electron chi connectivity index (χ4n) is 1.32. The van der Waals surface area contributed by atoms with Gasteiger partial charge in [-0.1, -0.05) is 6.92 Å². The topological polar surface area (TPSA) is 69.9 Å². The summed E-state index contributed by atoms with van der Waals surface area (Å²) in [4.78, 5) is 0. The van der Waals surface area contributed by atoms with Gasteiger partial charge in [0.15, 0.2) is 0 Å². The fourth-order valence-corrected chi connectivity index (χ4v) is 2.26. The third kappa shape index (κ3) is 2.35. The van der Waals surface area contributed by atoms with E-state index in [1.54, 1.807) is 6.92 Å². The zero-order valence-corrected chi connectivity index (χ0v) is 8.57. The SMILES string of the molecule is CCS[C@H]1O[C@H](C)[C@@H](O)[C@H](O)[C@@H]1O. The van der Waals surface area contributed by atoms with Crippen LogP contribution in [-0.2, 0) is 4.74 Å². The van der Waals surface area contributed by atoms with Gasteiger partial charge in [0, 0.05) is 0 Å². The van der Waals surface area contributed by atoms with E-state index in [2.05, 4.69) is 0 Å². The van der Waals surface area contributed by atoms with Crippen molar-refractivity contribution in [3.05, 3.63) is 0 Å². The standard InChI is InChI=1S/C8H16O4S/c1-3-13-8-7(11)6(10)5(9)4(2)12-8/h4-11H,3H2,1-2H3/t4-,5-,6+,7+,8-/m1/s1. The van der Waals surface area contributed by atoms with Crippen LogP contribution in [0.15, 0.2) is 0 Å². The molecule has 1 saturated heterocycles. The van der Waals surface area contributed by atoms with E-state index in [4.69, 9.17) is 4.74 Å². The zero-order chi connectivity index (χ0) is 10.0. The zero-order valence-electron chi connectivity index (χ0n) is 7.75. The molecule has 1 aliphatic heterocycles. The van der Waals surface area contributed by atoms with Gasteiger partial charge in [0.2, 0.25) is 0 Å². The van der Waals surface area contributed by atoms with E-state index in [9.17, 15) is 15.3 Å². The molecule has 0 bridgehead atoms. The summed E-state index contributed by atoms with van der Waals surface area (Å²) in [6, 6.07) is 0. The molecule has 5 heteroatoms. The van der Waals surface area contributed by atoms with E-state index < -0.39 is 29.9 Å². The van der Waals surface area contributed by atoms with Crippen LogP contribution in [0.1, 0.15) is 13.8 Å². The smallest absolute Gasteiger partial charge is 0.132 e. The van der Waals surface area contributed by atoms with Crippen molar-refractivity contribution >= 4 is 11.8 Å². The first-order chi connectivity index (χ1) is 6.07. The van der Waals surface area contributed by atoms with Crippen LogP contribution in [-0.4, -0.2) is 50.9 Å². The third-order valence-electron chi connectivity index (χ3n) is 2.14. The maximum Gasteiger partial charge on any atom is 0.132 e. The molecule has 1 fully saturated rings. The molecule has 0 aliphatic carbocycles. The summed E-state index contributed by atoms with van der Waals surface area (Å²) in [6.07, 6.45) is -3.53. The monoisotopic (exact) mass is 208 g/mol. The lowest BCUT2D eigenvalue weighted by atomic mass is 10.0. The number of hydrogen-bond donors (Lipinski definition) is 3. The van der Waals surface area contributed by atoms with Crippen LogP contribution in [0.5, 0.6) is 0 Å². The Morgan fingerprint density at radius 1 is 1.15 bits per heavy atom. The van der Waals surface area contributed by atoms with Gasteiger partial charge in [0.25, 0.3) is 0 Å². The van der Waals surface area contributed by atoms with Crippen LogP contribution in [0.3, 0.4) is 0 Å². The van der Waals surface area contributed by atoms with Crippen molar-refractivity contribution in [2.75, 3.05) is 5.75 Å². The molecule has 1 aliphatic rings. The number of thioether (sulfide) groups is 1. The average molecular weight is 208 g/mol. The number of ether oxygens (including phenoxy) is 1. The van der Waals surface area contributed by atoms with Gasteiger partial charge in [0.05, 0.1) is 6.10 Å². The summed E-state index contributed by atoms with van der Waals surface area (Å²) < 4.78 is 5.32. The molecule has 0 aromatic rings. The second-order valence-corrected chi connectivity index (χ2v) is 4.51. The van der Waals surface area contributed by atoms with Crippen LogP contribution in [0.2, 0.25) is 0 Å². The van der Waals surface area contributed by atoms with Gasteiger partial charge < -0.3 is 20.1 Å². The molecule has 1 heterocycles. The van der Waals surface area contributed by atoms with Crippen molar-refractivity contribution < 1.29 is 20.1 Å². The second kappa shape index (κ2) is 4.61. The highest BCUT2D eigenvalue weighted by Gasteiger charge is 2.41. The molecule has 0 spiro atoms. The first-order valence-corrected chi connectivity index (χ1v) is 5.44. The molecule has 78 valence electrons. The maximum atomic E-state index is 9.50. The quantitative estimate of drug-likeness (QED) is 0.574. The van der Waals surface area contributed by atoms with Gasteiger partial charge in [-0.15, -0.1) is 11.8 Å². The predicted molar refractivity (Wildman–Crippen MR) is 50.5 cm³/mol. The molecule has 0 radical (unpaired) electrons. The summed E-state index contributed by atoms with van der Waals surface area (Å²) in [5.74, 6) is 0.803. The van der Waals surface area contributed by atoms with Crippen LogP contribution in [0.4, 0.5) is 0 Å². The van der Waals surface area contributed by atoms with Crippen LogP contribution in [0.25, 0.3) is 0 Å². The van der Waals surface area contributed by atoms with Crippen molar-refractivity contribution in [3.63, 3.8) is 0 Å². The van der Waals surface area contributed by atoms with E-state index in [0.717, 1.165) is 5.75 Å². The van der Waals surface area contributed by atoms with Crippen molar-refractivity contribution in [1.29, 1.82) is 0 Å². The minimum atomic E-state index is -1.10. The van der Waals surface area contributed by atoms with E-state index in [1.165, 1.54) is 11.8 Å². The van der Waals surface area contributed by atoms with Gasteiger partial charge in [-0.25, -0.2) is 0 Å². The number of aliphatic hydroxyl groups excluding tert-OH is 3. The maximum absolute atomic E-state index is 9.50. The highest BCUT2D eigenvalue weighted by molar-refractivity contribution is 7.99. The van der Waals surface area contributed by atoms with Crippen molar-refractivity contribution in [3.8, 4) is 0 Å². The molecule has 0 unspecified atom stereocenters. The van der Waals surface area contributed by atoms with Crippen LogP contribution < -0.4 is 0 Å². The lowest BCUT2D eigenvalue weighted by Crippen LogP contribution is -2.55. The molecule has 13 heavy (non-hydrogen) atoms. The normalized spacial score (nSPS) is 46.4. The first kappa shape index (κ1) is 11.3. The fraction of sp³-hybridized carbons (Fsp3) is 1.00. The molecule has 0 aromatic carbocycles. The molecule has 1 rings (SSSR count). The van der Waals surface area contributed by atoms with E-state index in [-0.39, 0.29) is 0 Å². The Bertz CT molecular complexity index is 166. The largest absolute Gasteiger partial charge is 0.388 e. The van der Waals surface area contributed by atoms with E-state index in [1.807, 2.05) is 6.92 Å². The Morgan fingerprint density at radius 2 is 1.77 bits per heavy atom. The highest BCUT2D eigenvalue weighted by atomic mass is 32.2. The Kier molecular flexibility index (Phi) is 4.00. The summed E-state index contributed by atoms with van der Waals surface area (Å²) in [7, 11) is 0. The molecule has 4 nitrogen and oxygen atoms in total.